The van der Waals surface area contributed by atoms with Gasteiger partial charge in [0.2, 0.25) is 0 Å². The number of benzene rings is 1. The van der Waals surface area contributed by atoms with Crippen LogP contribution in [0.2, 0.25) is 0 Å². The quantitative estimate of drug-likeness (QED) is 0.837. The summed E-state index contributed by atoms with van der Waals surface area (Å²) in [6.07, 6.45) is 0. The van der Waals surface area contributed by atoms with Crippen LogP contribution >= 0.6 is 11.3 Å². The third-order valence-corrected chi connectivity index (χ3v) is 2.77. The number of thiazole rings is 1. The maximum Gasteiger partial charge on any atom is 0.188 e. The van der Waals surface area contributed by atoms with Crippen molar-refractivity contribution in [2.24, 2.45) is 0 Å². The van der Waals surface area contributed by atoms with Gasteiger partial charge in [-0.05, 0) is 25.1 Å². The largest absolute Gasteiger partial charge is 0.336 e. The first-order valence-electron chi connectivity index (χ1n) is 4.42. The van der Waals surface area contributed by atoms with Crippen molar-refractivity contribution in [1.29, 1.82) is 5.26 Å². The molecule has 0 aliphatic rings. The number of fused-ring (bicyclic) bond motifs is 1. The van der Waals surface area contributed by atoms with Crippen LogP contribution in [0, 0.1) is 11.3 Å². The molecule has 2 rings (SSSR count). The molecule has 0 radical (unpaired) electrons. The normalized spacial score (nSPS) is 9.87. The third kappa shape index (κ3) is 1.97. The topological polar surface area (TPSA) is 48.7 Å². The zero-order chi connectivity index (χ0) is 10.8. The predicted octanol–water partition coefficient (Wildman–Crippen LogP) is 3.11. The van der Waals surface area contributed by atoms with Gasteiger partial charge in [0.15, 0.2) is 5.13 Å². The fourth-order valence-electron chi connectivity index (χ4n) is 1.23. The molecule has 1 N–H and O–H groups in total. The smallest absolute Gasteiger partial charge is 0.188 e. The van der Waals surface area contributed by atoms with Crippen molar-refractivity contribution in [2.45, 2.75) is 6.92 Å². The summed E-state index contributed by atoms with van der Waals surface area (Å²) in [5, 5.41) is 12.6. The molecule has 15 heavy (non-hydrogen) atoms. The van der Waals surface area contributed by atoms with Crippen LogP contribution in [0.5, 0.6) is 0 Å². The second kappa shape index (κ2) is 3.71. The molecule has 2 aromatic rings. The zero-order valence-corrected chi connectivity index (χ0v) is 9.06. The van der Waals surface area contributed by atoms with E-state index in [-0.39, 0.29) is 0 Å². The molecule has 3 nitrogen and oxygen atoms in total. The molecular weight excluding hydrogens is 206 g/mol. The van der Waals surface area contributed by atoms with Gasteiger partial charge < -0.3 is 5.32 Å². The lowest BCUT2D eigenvalue weighted by atomic mass is 10.2. The number of nitrogens with one attached hydrogen (secondary N) is 1. The molecule has 4 heteroatoms. The number of allylic oxidation sites excluding steroid dienone is 1. The van der Waals surface area contributed by atoms with Gasteiger partial charge in [-0.3, -0.25) is 0 Å². The monoisotopic (exact) mass is 215 g/mol. The second-order valence-corrected chi connectivity index (χ2v) is 4.25. The highest BCUT2D eigenvalue weighted by Gasteiger charge is 2.03. The summed E-state index contributed by atoms with van der Waals surface area (Å²) in [4.78, 5) is 4.37. The van der Waals surface area contributed by atoms with Crippen molar-refractivity contribution in [1.82, 2.24) is 4.98 Å². The molecule has 0 aliphatic heterocycles. The average molecular weight is 215 g/mol. The molecule has 0 spiro atoms. The van der Waals surface area contributed by atoms with Crippen molar-refractivity contribution < 1.29 is 0 Å². The lowest BCUT2D eigenvalue weighted by molar-refractivity contribution is 1.35. The van der Waals surface area contributed by atoms with Gasteiger partial charge in [-0.15, -0.1) is 0 Å². The standard InChI is InChI=1S/C11H9N3S/c1-7(2)13-11-14-9-4-3-8(6-12)5-10(9)15-11/h3-5H,1H2,2H3,(H,13,14). The average Bonchev–Trinajstić information content (AvgIpc) is 2.57. The highest BCUT2D eigenvalue weighted by molar-refractivity contribution is 7.22. The highest BCUT2D eigenvalue weighted by atomic mass is 32.1. The van der Waals surface area contributed by atoms with Gasteiger partial charge in [-0.2, -0.15) is 5.26 Å². The van der Waals surface area contributed by atoms with E-state index in [0.717, 1.165) is 21.0 Å². The summed E-state index contributed by atoms with van der Waals surface area (Å²) in [6, 6.07) is 7.58. The Bertz CT molecular complexity index is 563. The number of nitriles is 1. The summed E-state index contributed by atoms with van der Waals surface area (Å²) in [6.45, 7) is 5.64. The number of hydrogen-bond donors (Lipinski definition) is 1. The Morgan fingerprint density at radius 1 is 1.60 bits per heavy atom. The van der Waals surface area contributed by atoms with E-state index in [4.69, 9.17) is 5.26 Å². The fraction of sp³-hybridized carbons (Fsp3) is 0.0909. The maximum atomic E-state index is 8.75. The third-order valence-electron chi connectivity index (χ3n) is 1.84. The van der Waals surface area contributed by atoms with Crippen LogP contribution in [-0.4, -0.2) is 4.98 Å². The van der Waals surface area contributed by atoms with Crippen LogP contribution in [0.3, 0.4) is 0 Å². The van der Waals surface area contributed by atoms with Gasteiger partial charge in [0.25, 0.3) is 0 Å². The number of aromatic nitrogens is 1. The molecule has 0 atom stereocenters. The van der Waals surface area contributed by atoms with E-state index < -0.39 is 0 Å². The van der Waals surface area contributed by atoms with Crippen LogP contribution in [0.1, 0.15) is 12.5 Å². The molecule has 0 bridgehead atoms. The van der Waals surface area contributed by atoms with Crippen LogP contribution in [-0.2, 0) is 0 Å². The molecule has 0 unspecified atom stereocenters. The minimum atomic E-state index is 0.660. The lowest BCUT2D eigenvalue weighted by Gasteiger charge is -1.96. The van der Waals surface area contributed by atoms with Gasteiger partial charge >= 0.3 is 0 Å². The second-order valence-electron chi connectivity index (χ2n) is 3.22. The molecule has 1 heterocycles. The zero-order valence-electron chi connectivity index (χ0n) is 8.24. The Labute approximate surface area is 91.7 Å². The van der Waals surface area contributed by atoms with E-state index >= 15 is 0 Å². The highest BCUT2D eigenvalue weighted by Crippen LogP contribution is 2.27. The van der Waals surface area contributed by atoms with Gasteiger partial charge in [0, 0.05) is 5.70 Å². The van der Waals surface area contributed by atoms with E-state index in [1.165, 1.54) is 11.3 Å². The molecule has 0 saturated heterocycles. The predicted molar refractivity (Wildman–Crippen MR) is 62.8 cm³/mol. The molecule has 74 valence electrons. The van der Waals surface area contributed by atoms with Crippen molar-refractivity contribution in [3.8, 4) is 6.07 Å². The van der Waals surface area contributed by atoms with Crippen LogP contribution in [0.15, 0.2) is 30.5 Å². The first-order valence-corrected chi connectivity index (χ1v) is 5.24. The summed E-state index contributed by atoms with van der Waals surface area (Å²) in [5.74, 6) is 0. The van der Waals surface area contributed by atoms with E-state index in [0.29, 0.717) is 5.56 Å². The van der Waals surface area contributed by atoms with Crippen LogP contribution in [0.25, 0.3) is 10.2 Å². The molecule has 0 amide bonds. The Balaban J connectivity index is 2.47. The Morgan fingerprint density at radius 3 is 3.07 bits per heavy atom. The van der Waals surface area contributed by atoms with Gasteiger partial charge in [-0.25, -0.2) is 4.98 Å². The Kier molecular flexibility index (Phi) is 2.40. The Hall–Kier alpha value is -1.86. The molecule has 0 aliphatic carbocycles. The maximum absolute atomic E-state index is 8.75. The van der Waals surface area contributed by atoms with E-state index in [1.54, 1.807) is 6.07 Å². The summed E-state index contributed by atoms with van der Waals surface area (Å²) < 4.78 is 1.01. The Morgan fingerprint density at radius 2 is 2.40 bits per heavy atom. The van der Waals surface area contributed by atoms with E-state index in [2.05, 4.69) is 22.9 Å². The van der Waals surface area contributed by atoms with E-state index in [9.17, 15) is 0 Å². The van der Waals surface area contributed by atoms with Crippen LogP contribution < -0.4 is 5.32 Å². The number of anilines is 1. The van der Waals surface area contributed by atoms with Crippen LogP contribution in [0.4, 0.5) is 5.13 Å². The molecule has 0 saturated carbocycles. The van der Waals surface area contributed by atoms with Gasteiger partial charge in [0.1, 0.15) is 0 Å². The van der Waals surface area contributed by atoms with Crippen molar-refractivity contribution in [3.05, 3.63) is 36.0 Å². The number of rotatable bonds is 2. The fourth-order valence-corrected chi connectivity index (χ4v) is 2.21. The SMILES string of the molecule is C=C(C)Nc1nc2ccc(C#N)cc2s1. The minimum Gasteiger partial charge on any atom is -0.336 e. The molecular formula is C11H9N3S. The lowest BCUT2D eigenvalue weighted by Crippen LogP contribution is -1.91. The first kappa shape index (κ1) is 9.69. The number of hydrogen-bond acceptors (Lipinski definition) is 4. The summed E-state index contributed by atoms with van der Waals surface area (Å²) >= 11 is 1.52. The number of nitrogens with zero attached hydrogens (tertiary/aromatic N) is 2. The van der Waals surface area contributed by atoms with E-state index in [1.807, 2.05) is 19.1 Å². The van der Waals surface area contributed by atoms with Gasteiger partial charge in [0.05, 0.1) is 21.8 Å². The van der Waals surface area contributed by atoms with Crippen molar-refractivity contribution in [2.75, 3.05) is 5.32 Å². The molecule has 0 fully saturated rings. The van der Waals surface area contributed by atoms with Crippen molar-refractivity contribution in [3.63, 3.8) is 0 Å². The minimum absolute atomic E-state index is 0.660. The molecule has 1 aromatic carbocycles. The van der Waals surface area contributed by atoms with Gasteiger partial charge in [-0.1, -0.05) is 17.9 Å². The summed E-state index contributed by atoms with van der Waals surface area (Å²) in [5.41, 5.74) is 2.42. The molecule has 1 aromatic heterocycles. The first-order chi connectivity index (χ1) is 7.19. The summed E-state index contributed by atoms with van der Waals surface area (Å²) in [7, 11) is 0. The van der Waals surface area contributed by atoms with Crippen molar-refractivity contribution >= 4 is 26.7 Å².